The van der Waals surface area contributed by atoms with Crippen LogP contribution in [0.5, 0.6) is 5.75 Å². The van der Waals surface area contributed by atoms with Crippen molar-refractivity contribution in [1.29, 1.82) is 0 Å². The van der Waals surface area contributed by atoms with Crippen LogP contribution in [0.15, 0.2) is 97.5 Å². The maximum Gasteiger partial charge on any atom is 0.174 e. The van der Waals surface area contributed by atoms with Gasteiger partial charge in [0.15, 0.2) is 5.11 Å². The quantitative estimate of drug-likeness (QED) is 0.452. The van der Waals surface area contributed by atoms with E-state index >= 15 is 0 Å². The van der Waals surface area contributed by atoms with Gasteiger partial charge < -0.3 is 19.5 Å². The van der Waals surface area contributed by atoms with Gasteiger partial charge in [0.25, 0.3) is 0 Å². The zero-order valence-electron chi connectivity index (χ0n) is 17.1. The minimum atomic E-state index is -0.0672. The van der Waals surface area contributed by atoms with E-state index in [4.69, 9.17) is 17.0 Å². The van der Waals surface area contributed by atoms with Crippen LogP contribution in [0.2, 0.25) is 0 Å². The molecule has 31 heavy (non-hydrogen) atoms. The van der Waals surface area contributed by atoms with E-state index in [1.54, 1.807) is 7.11 Å². The van der Waals surface area contributed by atoms with Crippen molar-refractivity contribution in [2.24, 2.45) is 0 Å². The first-order chi connectivity index (χ1) is 15.2. The van der Waals surface area contributed by atoms with Gasteiger partial charge in [-0.1, -0.05) is 24.3 Å². The molecule has 2 atom stereocenters. The monoisotopic (exact) mass is 426 g/mol. The summed E-state index contributed by atoms with van der Waals surface area (Å²) < 4.78 is 7.47. The number of hydrogen-bond donors (Lipinski definition) is 1. The topological polar surface area (TPSA) is 42.3 Å². The SMILES string of the molecule is COc1ccc(N2C(=S)N[C@H](c3ccccn3)[C@H]2c2ccn(-c3ccccc3)c2)cc1. The summed E-state index contributed by atoms with van der Waals surface area (Å²) in [7, 11) is 1.67. The average Bonchev–Trinajstić information content (AvgIpc) is 3.45. The Morgan fingerprint density at radius 1 is 0.903 bits per heavy atom. The molecular weight excluding hydrogens is 404 g/mol. The highest BCUT2D eigenvalue weighted by atomic mass is 32.1. The maximum absolute atomic E-state index is 5.79. The van der Waals surface area contributed by atoms with Crippen molar-refractivity contribution in [2.75, 3.05) is 12.0 Å². The molecule has 1 aliphatic heterocycles. The van der Waals surface area contributed by atoms with E-state index in [-0.39, 0.29) is 12.1 Å². The number of thiocarbonyl (C=S) groups is 1. The summed E-state index contributed by atoms with van der Waals surface area (Å²) in [5.41, 5.74) is 4.24. The zero-order valence-corrected chi connectivity index (χ0v) is 17.9. The third-order valence-electron chi connectivity index (χ3n) is 5.56. The molecule has 0 unspecified atom stereocenters. The second-order valence-corrected chi connectivity index (χ2v) is 7.77. The Morgan fingerprint density at radius 2 is 1.68 bits per heavy atom. The number of para-hydroxylation sites is 1. The van der Waals surface area contributed by atoms with Gasteiger partial charge in [-0.2, -0.15) is 0 Å². The molecular formula is C25H22N4OS. The molecule has 1 saturated heterocycles. The van der Waals surface area contributed by atoms with Crippen LogP contribution in [0.25, 0.3) is 5.69 Å². The lowest BCUT2D eigenvalue weighted by atomic mass is 9.98. The highest BCUT2D eigenvalue weighted by Crippen LogP contribution is 2.42. The molecule has 0 radical (unpaired) electrons. The molecule has 0 amide bonds. The minimum Gasteiger partial charge on any atom is -0.497 e. The van der Waals surface area contributed by atoms with E-state index in [0.29, 0.717) is 5.11 Å². The van der Waals surface area contributed by atoms with Crippen molar-refractivity contribution in [3.05, 3.63) is 109 Å². The Balaban J connectivity index is 1.58. The first-order valence-electron chi connectivity index (χ1n) is 10.1. The molecule has 1 aliphatic rings. The number of hydrogen-bond acceptors (Lipinski definition) is 3. The normalized spacial score (nSPS) is 18.1. The molecule has 5 nitrogen and oxygen atoms in total. The van der Waals surface area contributed by atoms with Crippen molar-refractivity contribution in [3.63, 3.8) is 0 Å². The van der Waals surface area contributed by atoms with Crippen LogP contribution in [0.1, 0.15) is 23.3 Å². The van der Waals surface area contributed by atoms with Crippen molar-refractivity contribution in [1.82, 2.24) is 14.9 Å². The van der Waals surface area contributed by atoms with Gasteiger partial charge in [0.2, 0.25) is 0 Å². The van der Waals surface area contributed by atoms with Gasteiger partial charge >= 0.3 is 0 Å². The molecule has 2 aromatic heterocycles. The van der Waals surface area contributed by atoms with Crippen LogP contribution in [-0.2, 0) is 0 Å². The minimum absolute atomic E-state index is 0.0410. The van der Waals surface area contributed by atoms with E-state index in [9.17, 15) is 0 Å². The Morgan fingerprint density at radius 3 is 2.39 bits per heavy atom. The Kier molecular flexibility index (Phi) is 5.14. The molecule has 4 aromatic rings. The largest absolute Gasteiger partial charge is 0.497 e. The number of anilines is 1. The molecule has 154 valence electrons. The van der Waals surface area contributed by atoms with E-state index in [0.717, 1.165) is 28.4 Å². The lowest BCUT2D eigenvalue weighted by Crippen LogP contribution is -2.29. The maximum atomic E-state index is 5.79. The third-order valence-corrected chi connectivity index (χ3v) is 5.87. The number of nitrogens with zero attached hydrogens (tertiary/aromatic N) is 3. The van der Waals surface area contributed by atoms with E-state index in [2.05, 4.69) is 50.4 Å². The number of rotatable bonds is 5. The summed E-state index contributed by atoms with van der Waals surface area (Å²) in [6.07, 6.45) is 6.08. The summed E-state index contributed by atoms with van der Waals surface area (Å²) in [5.74, 6) is 0.815. The fraction of sp³-hybridized carbons (Fsp3) is 0.120. The molecule has 1 N–H and O–H groups in total. The van der Waals surface area contributed by atoms with Crippen LogP contribution in [0.4, 0.5) is 5.69 Å². The molecule has 0 saturated carbocycles. The summed E-state index contributed by atoms with van der Waals surface area (Å²) in [4.78, 5) is 6.78. The zero-order chi connectivity index (χ0) is 21.2. The van der Waals surface area contributed by atoms with Crippen LogP contribution >= 0.6 is 12.2 Å². The Hall–Kier alpha value is -3.64. The van der Waals surface area contributed by atoms with Gasteiger partial charge in [-0.05, 0) is 72.4 Å². The first-order valence-corrected chi connectivity index (χ1v) is 10.5. The lowest BCUT2D eigenvalue weighted by Gasteiger charge is -2.27. The molecule has 1 fully saturated rings. The predicted molar refractivity (Wildman–Crippen MR) is 127 cm³/mol. The predicted octanol–water partition coefficient (Wildman–Crippen LogP) is 5.06. The van der Waals surface area contributed by atoms with Crippen LogP contribution in [0, 0.1) is 0 Å². The van der Waals surface area contributed by atoms with Gasteiger partial charge in [-0.25, -0.2) is 0 Å². The Labute approximate surface area is 186 Å². The standard InChI is InChI=1S/C25H22N4OS/c1-30-21-12-10-20(11-13-21)29-24(23(27-25(29)31)22-9-5-6-15-26-22)18-14-16-28(17-18)19-7-3-2-4-8-19/h2-17,23-24H,1H3,(H,27,31)/t23-,24-/m1/s1. The molecule has 6 heteroatoms. The molecule has 0 bridgehead atoms. The van der Waals surface area contributed by atoms with Gasteiger partial charge in [-0.15, -0.1) is 0 Å². The van der Waals surface area contributed by atoms with Gasteiger partial charge in [0.1, 0.15) is 5.75 Å². The summed E-state index contributed by atoms with van der Waals surface area (Å²) >= 11 is 5.79. The number of aromatic nitrogens is 2. The van der Waals surface area contributed by atoms with E-state index < -0.39 is 0 Å². The highest BCUT2D eigenvalue weighted by Gasteiger charge is 2.41. The Bertz CT molecular complexity index is 1180. The van der Waals surface area contributed by atoms with E-state index in [1.807, 2.05) is 66.9 Å². The van der Waals surface area contributed by atoms with Crippen molar-refractivity contribution in [2.45, 2.75) is 12.1 Å². The molecule has 5 rings (SSSR count). The fourth-order valence-corrected chi connectivity index (χ4v) is 4.41. The summed E-state index contributed by atoms with van der Waals surface area (Å²) in [6, 6.07) is 26.3. The fourth-order valence-electron chi connectivity index (χ4n) is 4.06. The van der Waals surface area contributed by atoms with Crippen LogP contribution in [-0.4, -0.2) is 21.8 Å². The van der Waals surface area contributed by atoms with Crippen molar-refractivity contribution in [3.8, 4) is 11.4 Å². The second-order valence-electron chi connectivity index (χ2n) is 7.38. The summed E-state index contributed by atoms with van der Waals surface area (Å²) in [5, 5.41) is 4.18. The van der Waals surface area contributed by atoms with Crippen molar-refractivity contribution < 1.29 is 4.74 Å². The number of benzene rings is 2. The first kappa shape index (κ1) is 19.3. The number of pyridine rings is 1. The molecule has 0 spiro atoms. The van der Waals surface area contributed by atoms with Crippen LogP contribution in [0.3, 0.4) is 0 Å². The average molecular weight is 427 g/mol. The van der Waals surface area contributed by atoms with Crippen LogP contribution < -0.4 is 15.0 Å². The van der Waals surface area contributed by atoms with Gasteiger partial charge in [0.05, 0.1) is 24.9 Å². The molecule has 2 aromatic carbocycles. The number of nitrogens with one attached hydrogen (secondary N) is 1. The van der Waals surface area contributed by atoms with Gasteiger partial charge in [0, 0.05) is 30.0 Å². The third kappa shape index (κ3) is 3.66. The lowest BCUT2D eigenvalue weighted by molar-refractivity contribution is 0.415. The molecule has 0 aliphatic carbocycles. The highest BCUT2D eigenvalue weighted by molar-refractivity contribution is 7.80. The number of methoxy groups -OCH3 is 1. The second kappa shape index (κ2) is 8.24. The molecule has 3 heterocycles. The van der Waals surface area contributed by atoms with Crippen molar-refractivity contribution >= 4 is 23.0 Å². The van der Waals surface area contributed by atoms with Gasteiger partial charge in [-0.3, -0.25) is 4.98 Å². The smallest absolute Gasteiger partial charge is 0.174 e. The summed E-state index contributed by atoms with van der Waals surface area (Å²) in [6.45, 7) is 0. The van der Waals surface area contributed by atoms with E-state index in [1.165, 1.54) is 0 Å². The number of ether oxygens (including phenoxy) is 1.